The molecule has 112 valence electrons. The van der Waals surface area contributed by atoms with E-state index in [1.807, 2.05) is 0 Å². The molecule has 1 aliphatic carbocycles. The molecule has 0 amide bonds. The monoisotopic (exact) mass is 271 g/mol. The topological polar surface area (TPSA) is 74.9 Å². The van der Waals surface area contributed by atoms with Crippen molar-refractivity contribution in [3.8, 4) is 0 Å². The predicted octanol–water partition coefficient (Wildman–Crippen LogP) is 0.306. The van der Waals surface area contributed by atoms with E-state index in [0.717, 1.165) is 26.1 Å². The van der Waals surface area contributed by atoms with Crippen molar-refractivity contribution in [2.24, 2.45) is 10.8 Å². The zero-order chi connectivity index (χ0) is 14.1. The summed E-state index contributed by atoms with van der Waals surface area (Å²) in [6, 6.07) is 0. The molecule has 0 aromatic carbocycles. The molecule has 0 unspecified atom stereocenters. The molecule has 0 saturated heterocycles. The van der Waals surface area contributed by atoms with Crippen LogP contribution in [0.5, 0.6) is 0 Å². The summed E-state index contributed by atoms with van der Waals surface area (Å²) in [7, 11) is 5.99. The lowest BCUT2D eigenvalue weighted by molar-refractivity contribution is 0.167. The Hall–Kier alpha value is -0.850. The summed E-state index contributed by atoms with van der Waals surface area (Å²) in [5, 5.41) is 3.20. The van der Waals surface area contributed by atoms with Crippen molar-refractivity contribution >= 4 is 5.96 Å². The Balaban J connectivity index is 2.45. The molecule has 6 heteroatoms. The highest BCUT2D eigenvalue weighted by molar-refractivity contribution is 5.79. The standard InChI is InChI=1S/C13H29N5O/c1-18(2)13(7-4-5-8-13)11-16-12(17-14)15-9-6-10-19-3/h4-11,14H2,1-3H3,(H2,15,16,17). The van der Waals surface area contributed by atoms with E-state index in [-0.39, 0.29) is 5.54 Å². The van der Waals surface area contributed by atoms with Crippen LogP contribution >= 0.6 is 0 Å². The minimum atomic E-state index is 0.205. The highest BCUT2D eigenvalue weighted by atomic mass is 16.5. The van der Waals surface area contributed by atoms with Crippen molar-refractivity contribution in [2.45, 2.75) is 37.6 Å². The average Bonchev–Trinajstić information content (AvgIpc) is 2.88. The highest BCUT2D eigenvalue weighted by Gasteiger charge is 2.35. The van der Waals surface area contributed by atoms with Crippen molar-refractivity contribution in [3.05, 3.63) is 0 Å². The first kappa shape index (κ1) is 16.2. The maximum atomic E-state index is 5.50. The van der Waals surface area contributed by atoms with Crippen LogP contribution in [0.1, 0.15) is 32.1 Å². The molecule has 0 aromatic heterocycles. The van der Waals surface area contributed by atoms with Gasteiger partial charge in [-0.2, -0.15) is 0 Å². The molecular weight excluding hydrogens is 242 g/mol. The van der Waals surface area contributed by atoms with Crippen molar-refractivity contribution in [2.75, 3.05) is 40.9 Å². The van der Waals surface area contributed by atoms with E-state index >= 15 is 0 Å². The fourth-order valence-corrected chi connectivity index (χ4v) is 2.58. The number of guanidine groups is 1. The minimum absolute atomic E-state index is 0.205. The molecule has 0 aromatic rings. The number of methoxy groups -OCH3 is 1. The van der Waals surface area contributed by atoms with E-state index in [4.69, 9.17) is 10.6 Å². The fourth-order valence-electron chi connectivity index (χ4n) is 2.58. The normalized spacial score (nSPS) is 18.9. The van der Waals surface area contributed by atoms with Crippen LogP contribution in [-0.2, 0) is 4.74 Å². The number of ether oxygens (including phenoxy) is 1. The van der Waals surface area contributed by atoms with E-state index in [2.05, 4.69) is 34.7 Å². The zero-order valence-corrected chi connectivity index (χ0v) is 12.5. The molecule has 1 rings (SSSR count). The molecule has 1 fully saturated rings. The van der Waals surface area contributed by atoms with Gasteiger partial charge in [-0.1, -0.05) is 12.8 Å². The van der Waals surface area contributed by atoms with Crippen molar-refractivity contribution in [1.82, 2.24) is 15.6 Å². The molecule has 0 radical (unpaired) electrons. The Bertz CT molecular complexity index is 274. The van der Waals surface area contributed by atoms with Gasteiger partial charge in [-0.05, 0) is 33.4 Å². The minimum Gasteiger partial charge on any atom is -0.385 e. The highest BCUT2D eigenvalue weighted by Crippen LogP contribution is 2.33. The van der Waals surface area contributed by atoms with Crippen LogP contribution in [0.2, 0.25) is 0 Å². The van der Waals surface area contributed by atoms with Crippen LogP contribution in [-0.4, -0.2) is 57.3 Å². The van der Waals surface area contributed by atoms with E-state index < -0.39 is 0 Å². The average molecular weight is 271 g/mol. The van der Waals surface area contributed by atoms with E-state index in [1.165, 1.54) is 25.7 Å². The first-order chi connectivity index (χ1) is 9.14. The molecular formula is C13H29N5O. The summed E-state index contributed by atoms with van der Waals surface area (Å²) in [4.78, 5) is 6.91. The van der Waals surface area contributed by atoms with Crippen molar-refractivity contribution < 1.29 is 4.74 Å². The van der Waals surface area contributed by atoms with E-state index in [1.54, 1.807) is 7.11 Å². The largest absolute Gasteiger partial charge is 0.385 e. The van der Waals surface area contributed by atoms with Gasteiger partial charge in [-0.3, -0.25) is 10.4 Å². The number of rotatable bonds is 7. The molecule has 6 nitrogen and oxygen atoms in total. The summed E-state index contributed by atoms with van der Waals surface area (Å²) >= 11 is 0. The molecule has 0 spiro atoms. The van der Waals surface area contributed by atoms with E-state index in [9.17, 15) is 0 Å². The lowest BCUT2D eigenvalue weighted by Crippen LogP contribution is -2.47. The van der Waals surface area contributed by atoms with Gasteiger partial charge in [0.1, 0.15) is 0 Å². The Labute approximate surface area is 116 Å². The number of hydrogen-bond donors (Lipinski definition) is 3. The van der Waals surface area contributed by atoms with Gasteiger partial charge in [0.15, 0.2) is 0 Å². The number of hydrogen-bond acceptors (Lipinski definition) is 4. The summed E-state index contributed by atoms with van der Waals surface area (Å²) in [5.41, 5.74) is 2.84. The number of aliphatic imine (C=N–C) groups is 1. The van der Waals surface area contributed by atoms with Gasteiger partial charge in [0, 0.05) is 25.8 Å². The summed E-state index contributed by atoms with van der Waals surface area (Å²) in [6.45, 7) is 2.34. The molecule has 0 atom stereocenters. The van der Waals surface area contributed by atoms with Gasteiger partial charge in [0.05, 0.1) is 6.54 Å². The fraction of sp³-hybridized carbons (Fsp3) is 0.923. The molecule has 1 saturated carbocycles. The van der Waals surface area contributed by atoms with Crippen LogP contribution in [0.15, 0.2) is 4.99 Å². The smallest absolute Gasteiger partial charge is 0.205 e. The summed E-state index contributed by atoms with van der Waals surface area (Å²) in [6.07, 6.45) is 5.95. The second-order valence-corrected chi connectivity index (χ2v) is 5.41. The maximum absolute atomic E-state index is 5.50. The number of nitrogens with one attached hydrogen (secondary N) is 2. The van der Waals surface area contributed by atoms with Crippen molar-refractivity contribution in [1.29, 1.82) is 0 Å². The summed E-state index contributed by atoms with van der Waals surface area (Å²) in [5.74, 6) is 6.17. The quantitative estimate of drug-likeness (QED) is 0.204. The predicted molar refractivity (Wildman–Crippen MR) is 79.0 cm³/mol. The third-order valence-electron chi connectivity index (χ3n) is 3.97. The molecule has 0 bridgehead atoms. The number of hydrazine groups is 1. The van der Waals surface area contributed by atoms with Crippen LogP contribution < -0.4 is 16.6 Å². The van der Waals surface area contributed by atoms with Gasteiger partial charge >= 0.3 is 0 Å². The number of nitrogens with two attached hydrogens (primary N) is 1. The van der Waals surface area contributed by atoms with Gasteiger partial charge in [0.2, 0.25) is 5.96 Å². The SMILES string of the molecule is COCCCNC(=NCC1(N(C)C)CCCC1)NN. The van der Waals surface area contributed by atoms with Crippen LogP contribution in [0.4, 0.5) is 0 Å². The van der Waals surface area contributed by atoms with Gasteiger partial charge < -0.3 is 15.0 Å². The number of nitrogens with zero attached hydrogens (tertiary/aromatic N) is 2. The molecule has 4 N–H and O–H groups in total. The molecule has 19 heavy (non-hydrogen) atoms. The van der Waals surface area contributed by atoms with Crippen LogP contribution in [0.3, 0.4) is 0 Å². The Kier molecular flexibility index (Phi) is 7.12. The van der Waals surface area contributed by atoms with Gasteiger partial charge in [-0.25, -0.2) is 5.84 Å². The second kappa shape index (κ2) is 8.35. The Morgan fingerprint density at radius 3 is 2.58 bits per heavy atom. The zero-order valence-electron chi connectivity index (χ0n) is 12.5. The molecule has 0 heterocycles. The first-order valence-electron chi connectivity index (χ1n) is 7.06. The molecule has 1 aliphatic rings. The Morgan fingerprint density at radius 2 is 2.05 bits per heavy atom. The first-order valence-corrected chi connectivity index (χ1v) is 7.06. The number of likely N-dealkylation sites (N-methyl/N-ethyl adjacent to an activating group) is 1. The third kappa shape index (κ3) is 4.97. The maximum Gasteiger partial charge on any atom is 0.205 e. The molecule has 0 aliphatic heterocycles. The second-order valence-electron chi connectivity index (χ2n) is 5.41. The van der Waals surface area contributed by atoms with E-state index in [0.29, 0.717) is 5.96 Å². The van der Waals surface area contributed by atoms with Crippen LogP contribution in [0, 0.1) is 0 Å². The lowest BCUT2D eigenvalue weighted by atomic mass is 9.96. The Morgan fingerprint density at radius 1 is 1.37 bits per heavy atom. The van der Waals surface area contributed by atoms with Gasteiger partial charge in [0.25, 0.3) is 0 Å². The summed E-state index contributed by atoms with van der Waals surface area (Å²) < 4.78 is 5.01. The van der Waals surface area contributed by atoms with Gasteiger partial charge in [-0.15, -0.1) is 0 Å². The van der Waals surface area contributed by atoms with Crippen molar-refractivity contribution in [3.63, 3.8) is 0 Å². The third-order valence-corrected chi connectivity index (χ3v) is 3.97. The lowest BCUT2D eigenvalue weighted by Gasteiger charge is -2.35. The van der Waals surface area contributed by atoms with Crippen LogP contribution in [0.25, 0.3) is 0 Å².